The maximum atomic E-state index is 13.1. The van der Waals surface area contributed by atoms with Crippen molar-refractivity contribution in [3.8, 4) is 11.3 Å². The van der Waals surface area contributed by atoms with E-state index in [4.69, 9.17) is 0 Å². The van der Waals surface area contributed by atoms with E-state index >= 15 is 0 Å². The van der Waals surface area contributed by atoms with Gasteiger partial charge in [0.1, 0.15) is 23.6 Å². The fourth-order valence-electron chi connectivity index (χ4n) is 1.05. The Morgan fingerprint density at radius 2 is 2.00 bits per heavy atom. The molecule has 13 heavy (non-hydrogen) atoms. The van der Waals surface area contributed by atoms with E-state index in [-0.39, 0.29) is 5.56 Å². The van der Waals surface area contributed by atoms with E-state index in [1.54, 1.807) is 0 Å². The molecule has 0 saturated heterocycles. The summed E-state index contributed by atoms with van der Waals surface area (Å²) in [6, 6.07) is 4.82. The molecule has 2 nitrogen and oxygen atoms in total. The molecule has 2 aromatic rings. The molecule has 0 atom stereocenters. The van der Waals surface area contributed by atoms with E-state index in [1.165, 1.54) is 24.5 Å². The third-order valence-electron chi connectivity index (χ3n) is 1.64. The highest BCUT2D eigenvalue weighted by Gasteiger charge is 2.07. The molecule has 1 heterocycles. The predicted molar refractivity (Wildman–Crippen MR) is 41.9 cm³/mol. The van der Waals surface area contributed by atoms with Gasteiger partial charge in [0.25, 0.3) is 0 Å². The van der Waals surface area contributed by atoms with Crippen molar-refractivity contribution < 1.29 is 13.3 Å². The summed E-state index contributed by atoms with van der Waals surface area (Å²) in [5.74, 6) is -1.25. The van der Waals surface area contributed by atoms with Crippen LogP contribution in [-0.2, 0) is 0 Å². The Morgan fingerprint density at radius 3 is 2.62 bits per heavy atom. The van der Waals surface area contributed by atoms with Crippen LogP contribution < -0.4 is 0 Å². The quantitative estimate of drug-likeness (QED) is 0.675. The zero-order valence-electron chi connectivity index (χ0n) is 6.50. The topological polar surface area (TPSA) is 26.0 Å². The van der Waals surface area contributed by atoms with Crippen molar-refractivity contribution in [1.82, 2.24) is 5.16 Å². The molecule has 0 spiro atoms. The highest BCUT2D eigenvalue weighted by Crippen LogP contribution is 2.21. The summed E-state index contributed by atoms with van der Waals surface area (Å²) < 4.78 is 30.1. The second kappa shape index (κ2) is 2.97. The largest absolute Gasteiger partial charge is 0.364 e. The smallest absolute Gasteiger partial charge is 0.135 e. The summed E-state index contributed by atoms with van der Waals surface area (Å²) in [6.07, 6.45) is 1.33. The van der Waals surface area contributed by atoms with Crippen LogP contribution in [0.15, 0.2) is 35.1 Å². The minimum Gasteiger partial charge on any atom is -0.364 e. The van der Waals surface area contributed by atoms with Gasteiger partial charge < -0.3 is 4.52 Å². The SMILES string of the molecule is Fc1ccc(-c2ccon2)c(F)c1. The fraction of sp³-hybridized carbons (Fsp3) is 0. The standard InChI is InChI=1S/C9H5F2NO/c10-6-1-2-7(8(11)5-6)9-3-4-13-12-9/h1-5H. The molecule has 0 saturated carbocycles. The van der Waals surface area contributed by atoms with Crippen LogP contribution in [-0.4, -0.2) is 5.16 Å². The second-order valence-electron chi connectivity index (χ2n) is 2.51. The van der Waals surface area contributed by atoms with Crippen molar-refractivity contribution in [2.24, 2.45) is 0 Å². The number of nitrogens with zero attached hydrogens (tertiary/aromatic N) is 1. The Kier molecular flexibility index (Phi) is 1.81. The van der Waals surface area contributed by atoms with Gasteiger partial charge in [-0.05, 0) is 12.1 Å². The normalized spacial score (nSPS) is 10.3. The van der Waals surface area contributed by atoms with Gasteiger partial charge in [0, 0.05) is 17.7 Å². The Morgan fingerprint density at radius 1 is 1.15 bits per heavy atom. The van der Waals surface area contributed by atoms with Crippen LogP contribution in [0.5, 0.6) is 0 Å². The number of hydrogen-bond donors (Lipinski definition) is 0. The van der Waals surface area contributed by atoms with Crippen molar-refractivity contribution in [1.29, 1.82) is 0 Å². The van der Waals surface area contributed by atoms with Gasteiger partial charge in [0.2, 0.25) is 0 Å². The molecular weight excluding hydrogens is 176 g/mol. The fourth-order valence-corrected chi connectivity index (χ4v) is 1.05. The zero-order valence-corrected chi connectivity index (χ0v) is 6.50. The first-order valence-corrected chi connectivity index (χ1v) is 3.63. The summed E-state index contributed by atoms with van der Waals surface area (Å²) in [4.78, 5) is 0. The van der Waals surface area contributed by atoms with Gasteiger partial charge in [0.15, 0.2) is 0 Å². The lowest BCUT2D eigenvalue weighted by Gasteiger charge is -1.97. The van der Waals surface area contributed by atoms with E-state index in [9.17, 15) is 8.78 Å². The zero-order chi connectivity index (χ0) is 9.26. The highest BCUT2D eigenvalue weighted by atomic mass is 19.1. The molecule has 1 aromatic heterocycles. The van der Waals surface area contributed by atoms with Gasteiger partial charge in [-0.1, -0.05) is 5.16 Å². The van der Waals surface area contributed by atoms with E-state index < -0.39 is 11.6 Å². The van der Waals surface area contributed by atoms with Gasteiger partial charge >= 0.3 is 0 Å². The second-order valence-corrected chi connectivity index (χ2v) is 2.51. The summed E-state index contributed by atoms with van der Waals surface area (Å²) in [6.45, 7) is 0. The van der Waals surface area contributed by atoms with Gasteiger partial charge in [-0.3, -0.25) is 0 Å². The van der Waals surface area contributed by atoms with Gasteiger partial charge in [-0.2, -0.15) is 0 Å². The number of rotatable bonds is 1. The maximum Gasteiger partial charge on any atom is 0.135 e. The summed E-state index contributed by atoms with van der Waals surface area (Å²) >= 11 is 0. The van der Waals surface area contributed by atoms with E-state index in [2.05, 4.69) is 9.68 Å². The van der Waals surface area contributed by atoms with Crippen LogP contribution in [0.2, 0.25) is 0 Å². The molecule has 0 radical (unpaired) electrons. The first kappa shape index (κ1) is 7.91. The Bertz CT molecular complexity index is 412. The summed E-state index contributed by atoms with van der Waals surface area (Å²) in [7, 11) is 0. The Hall–Kier alpha value is -1.71. The average Bonchev–Trinajstić information content (AvgIpc) is 2.56. The molecule has 0 unspecified atom stereocenters. The Labute approximate surface area is 72.8 Å². The summed E-state index contributed by atoms with van der Waals surface area (Å²) in [5.41, 5.74) is 0.590. The van der Waals surface area contributed by atoms with Crippen molar-refractivity contribution in [2.45, 2.75) is 0 Å². The molecule has 0 bridgehead atoms. The van der Waals surface area contributed by atoms with Gasteiger partial charge in [-0.25, -0.2) is 8.78 Å². The van der Waals surface area contributed by atoms with Crippen LogP contribution >= 0.6 is 0 Å². The lowest BCUT2D eigenvalue weighted by molar-refractivity contribution is 0.422. The minimum atomic E-state index is -0.645. The Balaban J connectivity index is 2.53. The lowest BCUT2D eigenvalue weighted by atomic mass is 10.1. The monoisotopic (exact) mass is 181 g/mol. The van der Waals surface area contributed by atoms with Gasteiger partial charge in [-0.15, -0.1) is 0 Å². The van der Waals surface area contributed by atoms with E-state index in [0.717, 1.165) is 6.07 Å². The van der Waals surface area contributed by atoms with Crippen LogP contribution in [0.3, 0.4) is 0 Å². The lowest BCUT2D eigenvalue weighted by Crippen LogP contribution is -1.85. The van der Waals surface area contributed by atoms with Crippen LogP contribution in [0.4, 0.5) is 8.78 Å². The number of benzene rings is 1. The molecule has 0 fully saturated rings. The van der Waals surface area contributed by atoms with E-state index in [1.807, 2.05) is 0 Å². The maximum absolute atomic E-state index is 13.1. The average molecular weight is 181 g/mol. The van der Waals surface area contributed by atoms with Crippen molar-refractivity contribution in [3.63, 3.8) is 0 Å². The third-order valence-corrected chi connectivity index (χ3v) is 1.64. The number of hydrogen-bond acceptors (Lipinski definition) is 2. The molecular formula is C9H5F2NO. The highest BCUT2D eigenvalue weighted by molar-refractivity contribution is 5.58. The van der Waals surface area contributed by atoms with Crippen molar-refractivity contribution in [2.75, 3.05) is 0 Å². The van der Waals surface area contributed by atoms with Gasteiger partial charge in [0.05, 0.1) is 0 Å². The van der Waals surface area contributed by atoms with E-state index in [0.29, 0.717) is 5.69 Å². The third kappa shape index (κ3) is 1.42. The van der Waals surface area contributed by atoms with Crippen molar-refractivity contribution in [3.05, 3.63) is 42.2 Å². The van der Waals surface area contributed by atoms with Crippen molar-refractivity contribution >= 4 is 0 Å². The summed E-state index contributed by atoms with van der Waals surface area (Å²) in [5, 5.41) is 3.54. The molecule has 0 N–H and O–H groups in total. The molecule has 4 heteroatoms. The molecule has 66 valence electrons. The molecule has 0 aliphatic rings. The van der Waals surface area contributed by atoms with Crippen LogP contribution in [0.1, 0.15) is 0 Å². The molecule has 2 rings (SSSR count). The molecule has 0 aliphatic carbocycles. The molecule has 0 amide bonds. The molecule has 0 aliphatic heterocycles. The molecule has 1 aromatic carbocycles. The van der Waals surface area contributed by atoms with Crippen LogP contribution in [0, 0.1) is 11.6 Å². The number of halogens is 2. The van der Waals surface area contributed by atoms with Crippen LogP contribution in [0.25, 0.3) is 11.3 Å². The number of aromatic nitrogens is 1. The first-order chi connectivity index (χ1) is 6.27. The first-order valence-electron chi connectivity index (χ1n) is 3.63. The minimum absolute atomic E-state index is 0.232. The predicted octanol–water partition coefficient (Wildman–Crippen LogP) is 2.62.